The van der Waals surface area contributed by atoms with E-state index in [4.69, 9.17) is 13.9 Å². The Balaban J connectivity index is 1.82. The van der Waals surface area contributed by atoms with Crippen LogP contribution in [0.15, 0.2) is 88.1 Å². The molecule has 1 aromatic heterocycles. The molecule has 5 nitrogen and oxygen atoms in total. The Hall–Kier alpha value is -3.86. The van der Waals surface area contributed by atoms with E-state index in [0.29, 0.717) is 22.5 Å². The van der Waals surface area contributed by atoms with Gasteiger partial charge in [0, 0.05) is 22.6 Å². The molecular formula is C25H20O5. The summed E-state index contributed by atoms with van der Waals surface area (Å²) < 4.78 is 16.5. The molecule has 0 amide bonds. The lowest BCUT2D eigenvalue weighted by molar-refractivity contribution is -0.149. The van der Waals surface area contributed by atoms with Crippen molar-refractivity contribution in [2.24, 2.45) is 0 Å². The minimum atomic E-state index is -0.934. The van der Waals surface area contributed by atoms with E-state index in [-0.39, 0.29) is 0 Å². The fraction of sp³-hybridized carbons (Fsp3) is 0.120. The van der Waals surface area contributed by atoms with Crippen molar-refractivity contribution < 1.29 is 18.7 Å². The zero-order valence-corrected chi connectivity index (χ0v) is 16.6. The third-order valence-corrected chi connectivity index (χ3v) is 4.96. The van der Waals surface area contributed by atoms with Gasteiger partial charge in [-0.1, -0.05) is 60.7 Å². The van der Waals surface area contributed by atoms with Gasteiger partial charge in [0.15, 0.2) is 0 Å². The summed E-state index contributed by atoms with van der Waals surface area (Å²) in [5, 5.41) is 0.792. The lowest BCUT2D eigenvalue weighted by Gasteiger charge is -2.19. The van der Waals surface area contributed by atoms with Gasteiger partial charge in [0.25, 0.3) is 0 Å². The molecule has 1 heterocycles. The zero-order chi connectivity index (χ0) is 21.1. The Morgan fingerprint density at radius 1 is 0.933 bits per heavy atom. The largest absolute Gasteiger partial charge is 0.474 e. The van der Waals surface area contributed by atoms with Crippen LogP contribution in [0, 0.1) is 6.92 Å². The highest BCUT2D eigenvalue weighted by Crippen LogP contribution is 2.35. The molecule has 0 saturated carbocycles. The van der Waals surface area contributed by atoms with Crippen molar-refractivity contribution in [3.63, 3.8) is 0 Å². The topological polar surface area (TPSA) is 65.7 Å². The van der Waals surface area contributed by atoms with Crippen molar-refractivity contribution in [3.8, 4) is 16.9 Å². The van der Waals surface area contributed by atoms with E-state index in [2.05, 4.69) is 0 Å². The fourth-order valence-corrected chi connectivity index (χ4v) is 3.44. The minimum Gasteiger partial charge on any atom is -0.474 e. The lowest BCUT2D eigenvalue weighted by Crippen LogP contribution is -2.20. The molecule has 0 saturated heterocycles. The molecule has 0 unspecified atom stereocenters. The van der Waals surface area contributed by atoms with Crippen molar-refractivity contribution in [3.05, 3.63) is 100 Å². The van der Waals surface area contributed by atoms with Crippen LogP contribution in [0.5, 0.6) is 5.75 Å². The maximum Gasteiger partial charge on any atom is 0.351 e. The molecule has 0 radical (unpaired) electrons. The Kier molecular flexibility index (Phi) is 5.35. The summed E-state index contributed by atoms with van der Waals surface area (Å²) in [7, 11) is 1.32. The number of methoxy groups -OCH3 is 1. The number of hydrogen-bond donors (Lipinski definition) is 0. The number of hydrogen-bond acceptors (Lipinski definition) is 5. The van der Waals surface area contributed by atoms with Gasteiger partial charge in [-0.25, -0.2) is 9.59 Å². The molecule has 30 heavy (non-hydrogen) atoms. The summed E-state index contributed by atoms with van der Waals surface area (Å²) in [5.41, 5.74) is 2.98. The first kappa shape index (κ1) is 19.5. The first-order valence-corrected chi connectivity index (χ1v) is 9.51. The summed E-state index contributed by atoms with van der Waals surface area (Å²) in [6.07, 6.45) is -0.934. The second kappa shape index (κ2) is 8.25. The molecule has 4 rings (SSSR count). The van der Waals surface area contributed by atoms with Gasteiger partial charge < -0.3 is 13.9 Å². The third kappa shape index (κ3) is 3.70. The molecule has 0 spiro atoms. The van der Waals surface area contributed by atoms with Crippen molar-refractivity contribution in [2.75, 3.05) is 7.11 Å². The van der Waals surface area contributed by atoms with Crippen LogP contribution in [0.4, 0.5) is 0 Å². The SMILES string of the molecule is COC(=O)[C@H](Oc1ccc2c(-c3ccccc3)cc(=O)oc2c1C)c1ccccc1. The predicted molar refractivity (Wildman–Crippen MR) is 114 cm³/mol. The number of ether oxygens (including phenoxy) is 2. The quantitative estimate of drug-likeness (QED) is 0.346. The number of rotatable bonds is 5. The van der Waals surface area contributed by atoms with Crippen molar-refractivity contribution in [2.45, 2.75) is 13.0 Å². The molecule has 4 aromatic rings. The maximum atomic E-state index is 12.4. The van der Waals surface area contributed by atoms with Gasteiger partial charge in [-0.15, -0.1) is 0 Å². The summed E-state index contributed by atoms with van der Waals surface area (Å²) >= 11 is 0. The van der Waals surface area contributed by atoms with Gasteiger partial charge in [0.2, 0.25) is 6.10 Å². The highest BCUT2D eigenvalue weighted by atomic mass is 16.6. The van der Waals surface area contributed by atoms with Crippen LogP contribution in [0.25, 0.3) is 22.1 Å². The molecular weight excluding hydrogens is 380 g/mol. The van der Waals surface area contributed by atoms with Crippen molar-refractivity contribution >= 4 is 16.9 Å². The Morgan fingerprint density at radius 2 is 1.60 bits per heavy atom. The van der Waals surface area contributed by atoms with Crippen LogP contribution in [-0.2, 0) is 9.53 Å². The number of esters is 1. The van der Waals surface area contributed by atoms with Gasteiger partial charge in [-0.3, -0.25) is 0 Å². The number of benzene rings is 3. The number of aryl methyl sites for hydroxylation is 1. The molecule has 5 heteroatoms. The number of carbonyl (C=O) groups is 1. The van der Waals surface area contributed by atoms with E-state index >= 15 is 0 Å². The van der Waals surface area contributed by atoms with E-state index in [9.17, 15) is 9.59 Å². The predicted octanol–water partition coefficient (Wildman–Crippen LogP) is 5.06. The first-order chi connectivity index (χ1) is 14.6. The molecule has 0 aliphatic carbocycles. The molecule has 0 aliphatic rings. The van der Waals surface area contributed by atoms with E-state index in [1.807, 2.05) is 54.6 Å². The second-order valence-corrected chi connectivity index (χ2v) is 6.84. The minimum absolute atomic E-state index is 0.426. The average Bonchev–Trinajstić information content (AvgIpc) is 2.79. The van der Waals surface area contributed by atoms with Crippen molar-refractivity contribution in [1.29, 1.82) is 0 Å². The summed E-state index contributed by atoms with van der Waals surface area (Å²) in [6.45, 7) is 1.80. The highest BCUT2D eigenvalue weighted by Gasteiger charge is 2.25. The first-order valence-electron chi connectivity index (χ1n) is 9.51. The summed E-state index contributed by atoms with van der Waals surface area (Å²) in [6, 6.07) is 23.8. The maximum absolute atomic E-state index is 12.4. The monoisotopic (exact) mass is 400 g/mol. The molecule has 0 fully saturated rings. The van der Waals surface area contributed by atoms with E-state index in [0.717, 1.165) is 16.5 Å². The summed E-state index contributed by atoms with van der Waals surface area (Å²) in [5.74, 6) is -0.0738. The Bertz CT molecular complexity index is 1240. The fourth-order valence-electron chi connectivity index (χ4n) is 3.44. The molecule has 150 valence electrons. The van der Waals surface area contributed by atoms with Gasteiger partial charge in [0.1, 0.15) is 11.3 Å². The standard InChI is InChI=1S/C25H20O5/c1-16-21(29-24(25(27)28-2)18-11-7-4-8-12-18)14-13-19-20(15-22(26)30-23(16)19)17-9-5-3-6-10-17/h3-15,24H,1-2H3/t24-/m1/s1. The third-order valence-electron chi connectivity index (χ3n) is 4.96. The average molecular weight is 400 g/mol. The van der Waals surface area contributed by atoms with Crippen LogP contribution in [0.2, 0.25) is 0 Å². The number of fused-ring (bicyclic) bond motifs is 1. The van der Waals surface area contributed by atoms with E-state index in [1.165, 1.54) is 13.2 Å². The zero-order valence-electron chi connectivity index (χ0n) is 16.6. The van der Waals surface area contributed by atoms with Gasteiger partial charge in [-0.2, -0.15) is 0 Å². The molecule has 0 N–H and O–H groups in total. The molecule has 1 atom stereocenters. The Labute approximate surface area is 173 Å². The smallest absolute Gasteiger partial charge is 0.351 e. The van der Waals surface area contributed by atoms with Crippen LogP contribution in [-0.4, -0.2) is 13.1 Å². The lowest BCUT2D eigenvalue weighted by atomic mass is 10.00. The molecule has 0 aliphatic heterocycles. The van der Waals surface area contributed by atoms with E-state index < -0.39 is 17.7 Å². The molecule has 0 bridgehead atoms. The van der Waals surface area contributed by atoms with Crippen molar-refractivity contribution in [1.82, 2.24) is 0 Å². The van der Waals surface area contributed by atoms with Gasteiger partial charge >= 0.3 is 11.6 Å². The molecule has 3 aromatic carbocycles. The second-order valence-electron chi connectivity index (χ2n) is 6.84. The Morgan fingerprint density at radius 3 is 2.27 bits per heavy atom. The van der Waals surface area contributed by atoms with E-state index in [1.54, 1.807) is 25.1 Å². The van der Waals surface area contributed by atoms with Crippen LogP contribution >= 0.6 is 0 Å². The number of carbonyl (C=O) groups excluding carboxylic acids is 1. The van der Waals surface area contributed by atoms with Crippen LogP contribution < -0.4 is 10.4 Å². The summed E-state index contributed by atoms with van der Waals surface area (Å²) in [4.78, 5) is 24.6. The van der Waals surface area contributed by atoms with Crippen LogP contribution in [0.3, 0.4) is 0 Å². The normalized spacial score (nSPS) is 11.8. The van der Waals surface area contributed by atoms with Crippen LogP contribution in [0.1, 0.15) is 17.2 Å². The highest BCUT2D eigenvalue weighted by molar-refractivity contribution is 5.95. The van der Waals surface area contributed by atoms with Gasteiger partial charge in [0.05, 0.1) is 7.11 Å². The van der Waals surface area contributed by atoms with Gasteiger partial charge in [-0.05, 0) is 30.2 Å².